The summed E-state index contributed by atoms with van der Waals surface area (Å²) in [5.74, 6) is -0.342. The largest absolute Gasteiger partial charge is 0.414 e. The van der Waals surface area contributed by atoms with Crippen molar-refractivity contribution >= 4 is 32.0 Å². The van der Waals surface area contributed by atoms with Gasteiger partial charge in [-0.05, 0) is 59.8 Å². The Labute approximate surface area is 206 Å². The molecule has 0 radical (unpaired) electrons. The minimum Gasteiger partial charge on any atom is -0.414 e. The van der Waals surface area contributed by atoms with E-state index in [4.69, 9.17) is 9.16 Å². The molecule has 0 spiro atoms. The summed E-state index contributed by atoms with van der Waals surface area (Å²) in [5.41, 5.74) is -1.85. The Bertz CT molecular complexity index is 787. The highest BCUT2D eigenvalue weighted by molar-refractivity contribution is 6.74. The fourth-order valence-corrected chi connectivity index (χ4v) is 4.58. The Hall–Kier alpha value is -1.78. The number of rotatable bonds is 12. The predicted octanol–water partition coefficient (Wildman–Crippen LogP) is 2.85. The van der Waals surface area contributed by atoms with E-state index in [0.717, 1.165) is 0 Å². The van der Waals surface area contributed by atoms with Gasteiger partial charge in [0.1, 0.15) is 5.54 Å². The van der Waals surface area contributed by atoms with Crippen molar-refractivity contribution in [2.24, 2.45) is 4.99 Å². The average Bonchev–Trinajstić information content (AvgIpc) is 2.89. The van der Waals surface area contributed by atoms with E-state index in [1.165, 1.54) is 0 Å². The number of carbonyl (C=O) groups excluding carboxylic acids is 3. The molecule has 1 rings (SSSR count). The molecule has 0 bridgehead atoms. The van der Waals surface area contributed by atoms with Crippen molar-refractivity contribution in [2.75, 3.05) is 26.7 Å². The molecule has 1 aliphatic heterocycles. The van der Waals surface area contributed by atoms with Gasteiger partial charge in [0.2, 0.25) is 11.8 Å². The maximum atomic E-state index is 12.7. The first kappa shape index (κ1) is 30.2. The van der Waals surface area contributed by atoms with Crippen molar-refractivity contribution in [3.63, 3.8) is 0 Å². The molecular formula is C24H46N4O5Si. The number of nitrogens with zero attached hydrogens (tertiary/aromatic N) is 2. The lowest BCUT2D eigenvalue weighted by molar-refractivity contribution is -0.138. The lowest BCUT2D eigenvalue weighted by Gasteiger charge is -2.38. The van der Waals surface area contributed by atoms with Gasteiger partial charge in [0, 0.05) is 26.1 Å². The van der Waals surface area contributed by atoms with Crippen LogP contribution in [0.1, 0.15) is 68.2 Å². The summed E-state index contributed by atoms with van der Waals surface area (Å²) in [7, 11) is -0.0439. The quantitative estimate of drug-likeness (QED) is 0.316. The van der Waals surface area contributed by atoms with E-state index >= 15 is 0 Å². The zero-order chi connectivity index (χ0) is 26.5. The van der Waals surface area contributed by atoms with Crippen molar-refractivity contribution in [3.8, 4) is 0 Å². The molecule has 1 atom stereocenters. The molecule has 0 aromatic carbocycles. The lowest BCUT2D eigenvalue weighted by atomic mass is 10.0. The Kier molecular flexibility index (Phi) is 10.1. The second kappa shape index (κ2) is 11.3. The molecule has 2 amide bonds. The van der Waals surface area contributed by atoms with Crippen LogP contribution >= 0.6 is 0 Å². The van der Waals surface area contributed by atoms with Gasteiger partial charge in [-0.3, -0.25) is 9.59 Å². The van der Waals surface area contributed by atoms with E-state index < -0.39 is 19.4 Å². The van der Waals surface area contributed by atoms with Gasteiger partial charge in [0.05, 0.1) is 12.5 Å². The van der Waals surface area contributed by atoms with Gasteiger partial charge < -0.3 is 24.7 Å². The molecule has 0 aromatic rings. The minimum atomic E-state index is -1.97. The normalized spacial score (nSPS) is 17.3. The zero-order valence-electron chi connectivity index (χ0n) is 23.0. The highest BCUT2D eigenvalue weighted by Gasteiger charge is 2.39. The van der Waals surface area contributed by atoms with E-state index in [0.29, 0.717) is 32.0 Å². The third-order valence-corrected chi connectivity index (χ3v) is 11.0. The van der Waals surface area contributed by atoms with E-state index in [-0.39, 0.29) is 35.3 Å². The van der Waals surface area contributed by atoms with Crippen LogP contribution < -0.4 is 10.6 Å². The number of cyclic esters (lactones) is 1. The van der Waals surface area contributed by atoms with Gasteiger partial charge in [-0.1, -0.05) is 20.8 Å². The molecule has 1 aliphatic rings. The third kappa shape index (κ3) is 9.11. The molecule has 0 aliphatic carbocycles. The van der Waals surface area contributed by atoms with Crippen molar-refractivity contribution < 1.29 is 23.5 Å². The van der Waals surface area contributed by atoms with Crippen LogP contribution in [-0.2, 0) is 23.5 Å². The summed E-state index contributed by atoms with van der Waals surface area (Å²) in [6.07, 6.45) is 0.510. The molecule has 0 fully saturated rings. The van der Waals surface area contributed by atoms with Crippen LogP contribution in [0.2, 0.25) is 18.1 Å². The van der Waals surface area contributed by atoms with Crippen molar-refractivity contribution in [1.29, 1.82) is 0 Å². The molecule has 2 N–H and O–H groups in total. The van der Waals surface area contributed by atoms with Crippen LogP contribution in [-0.4, -0.2) is 80.8 Å². The van der Waals surface area contributed by atoms with Gasteiger partial charge in [0.25, 0.3) is 0 Å². The molecule has 0 aromatic heterocycles. The molecule has 1 heterocycles. The predicted molar refractivity (Wildman–Crippen MR) is 137 cm³/mol. The van der Waals surface area contributed by atoms with Crippen LogP contribution in [0.15, 0.2) is 4.99 Å². The molecule has 9 nitrogen and oxygen atoms in total. The summed E-state index contributed by atoms with van der Waals surface area (Å²) in [4.78, 5) is 43.2. The van der Waals surface area contributed by atoms with Crippen molar-refractivity contribution in [2.45, 2.75) is 104 Å². The van der Waals surface area contributed by atoms with Gasteiger partial charge in [-0.25, -0.2) is 9.79 Å². The third-order valence-electron chi connectivity index (χ3n) is 6.40. The monoisotopic (exact) mass is 498 g/mol. The minimum absolute atomic E-state index is 0.0651. The number of ether oxygens (including phenoxy) is 1. The number of amides is 2. The lowest BCUT2D eigenvalue weighted by Crippen LogP contribution is -2.56. The number of likely N-dealkylation sites (N-methyl/N-ethyl adjacent to an activating group) is 1. The Morgan fingerprint density at radius 1 is 1.18 bits per heavy atom. The summed E-state index contributed by atoms with van der Waals surface area (Å²) >= 11 is 0. The van der Waals surface area contributed by atoms with Gasteiger partial charge in [-0.15, -0.1) is 0 Å². The van der Waals surface area contributed by atoms with Gasteiger partial charge in [0.15, 0.2) is 19.8 Å². The summed E-state index contributed by atoms with van der Waals surface area (Å²) in [6, 6.07) is 0. The fraction of sp³-hybridized carbons (Fsp3) is 0.833. The maximum absolute atomic E-state index is 12.7. The standard InChI is InChI=1S/C24H46N4O5Si/c1-17(33-34(10,11)22(2,3)4)16-18(29)26-23(5,6)20(30)25-13-15-28(9)14-12-19-27-24(7,8)21(31)32-19/h17H,12-16H2,1-11H3,(H,25,30)(H,26,29). The highest BCUT2D eigenvalue weighted by atomic mass is 28.4. The van der Waals surface area contributed by atoms with Crippen LogP contribution in [0.5, 0.6) is 0 Å². The number of hydrogen-bond acceptors (Lipinski definition) is 7. The van der Waals surface area contributed by atoms with E-state index in [9.17, 15) is 14.4 Å². The molecule has 34 heavy (non-hydrogen) atoms. The summed E-state index contributed by atoms with van der Waals surface area (Å²) < 4.78 is 11.4. The molecular weight excluding hydrogens is 452 g/mol. The Balaban J connectivity index is 2.41. The number of aliphatic imine (C=N–C) groups is 1. The van der Waals surface area contributed by atoms with Gasteiger partial charge in [-0.2, -0.15) is 0 Å². The summed E-state index contributed by atoms with van der Waals surface area (Å²) in [5, 5.41) is 5.78. The van der Waals surface area contributed by atoms with E-state index in [1.54, 1.807) is 27.7 Å². The van der Waals surface area contributed by atoms with Crippen LogP contribution in [0.3, 0.4) is 0 Å². The summed E-state index contributed by atoms with van der Waals surface area (Å²) in [6.45, 7) is 21.2. The van der Waals surface area contributed by atoms with Crippen LogP contribution in [0.25, 0.3) is 0 Å². The van der Waals surface area contributed by atoms with Crippen LogP contribution in [0.4, 0.5) is 0 Å². The average molecular weight is 499 g/mol. The van der Waals surface area contributed by atoms with Gasteiger partial charge >= 0.3 is 5.97 Å². The van der Waals surface area contributed by atoms with E-state index in [2.05, 4.69) is 49.5 Å². The number of carbonyl (C=O) groups is 3. The first-order chi connectivity index (χ1) is 15.3. The smallest absolute Gasteiger partial charge is 0.340 e. The number of hydrogen-bond donors (Lipinski definition) is 2. The second-order valence-corrected chi connectivity index (χ2v) is 16.6. The first-order valence-corrected chi connectivity index (χ1v) is 14.9. The number of nitrogens with one attached hydrogen (secondary N) is 2. The SMILES string of the molecule is CC(CC(=O)NC(C)(C)C(=O)NCCN(C)CCC1=NC(C)(C)C(=O)O1)O[Si](C)(C)C(C)(C)C. The topological polar surface area (TPSA) is 109 Å². The molecule has 10 heteroatoms. The van der Waals surface area contributed by atoms with E-state index in [1.807, 2.05) is 18.9 Å². The second-order valence-electron chi connectivity index (χ2n) is 11.8. The fourth-order valence-electron chi connectivity index (χ4n) is 3.14. The molecule has 0 saturated heterocycles. The Morgan fingerprint density at radius 3 is 2.26 bits per heavy atom. The highest BCUT2D eigenvalue weighted by Crippen LogP contribution is 2.37. The molecule has 196 valence electrons. The van der Waals surface area contributed by atoms with Crippen molar-refractivity contribution in [3.05, 3.63) is 0 Å². The first-order valence-electron chi connectivity index (χ1n) is 12.0. The maximum Gasteiger partial charge on any atom is 0.340 e. The molecule has 1 unspecified atom stereocenters. The Morgan fingerprint density at radius 2 is 1.76 bits per heavy atom. The zero-order valence-corrected chi connectivity index (χ0v) is 24.0. The number of esters is 1. The molecule has 0 saturated carbocycles. The van der Waals surface area contributed by atoms with Crippen LogP contribution in [0, 0.1) is 0 Å². The van der Waals surface area contributed by atoms with Crippen molar-refractivity contribution in [1.82, 2.24) is 15.5 Å².